The number of hydrogen-bond donors (Lipinski definition) is 0. The third-order valence-electron chi connectivity index (χ3n) is 4.88. The quantitative estimate of drug-likeness (QED) is 0.439. The summed E-state index contributed by atoms with van der Waals surface area (Å²) >= 11 is 6.34. The van der Waals surface area contributed by atoms with Gasteiger partial charge in [0.2, 0.25) is 5.88 Å². The van der Waals surface area contributed by atoms with Gasteiger partial charge >= 0.3 is 0 Å². The number of ether oxygens (including phenoxy) is 1. The maximum atomic E-state index is 13.1. The van der Waals surface area contributed by atoms with Crippen molar-refractivity contribution in [2.75, 3.05) is 0 Å². The van der Waals surface area contributed by atoms with Crippen LogP contribution in [0, 0.1) is 6.92 Å². The Morgan fingerprint density at radius 3 is 2.69 bits per heavy atom. The second-order valence-corrected chi connectivity index (χ2v) is 8.07. The van der Waals surface area contributed by atoms with E-state index in [0.717, 1.165) is 17.1 Å². The summed E-state index contributed by atoms with van der Waals surface area (Å²) in [5, 5.41) is 4.17. The zero-order chi connectivity index (χ0) is 22.8. The fourth-order valence-corrected chi connectivity index (χ4v) is 3.46. The molecule has 0 N–H and O–H groups in total. The molecule has 1 aromatic carbocycles. The molecule has 4 rings (SSSR count). The van der Waals surface area contributed by atoms with E-state index in [1.54, 1.807) is 17.8 Å². The minimum Gasteiger partial charge on any atom is -0.470 e. The van der Waals surface area contributed by atoms with Crippen LogP contribution in [0.15, 0.2) is 53.6 Å². The van der Waals surface area contributed by atoms with Crippen molar-refractivity contribution in [3.05, 3.63) is 81.5 Å². The molecule has 32 heavy (non-hydrogen) atoms. The Morgan fingerprint density at radius 2 is 1.97 bits per heavy atom. The van der Waals surface area contributed by atoms with E-state index in [-0.39, 0.29) is 23.4 Å². The number of aromatic nitrogens is 6. The summed E-state index contributed by atoms with van der Waals surface area (Å²) in [6.45, 7) is 5.99. The van der Waals surface area contributed by atoms with Gasteiger partial charge in [0.1, 0.15) is 18.3 Å². The van der Waals surface area contributed by atoms with Crippen LogP contribution in [0.4, 0.5) is 0 Å². The average molecular weight is 451 g/mol. The van der Waals surface area contributed by atoms with Crippen molar-refractivity contribution in [2.24, 2.45) is 7.05 Å². The first-order valence-corrected chi connectivity index (χ1v) is 10.6. The van der Waals surface area contributed by atoms with Gasteiger partial charge in [0, 0.05) is 30.9 Å². The summed E-state index contributed by atoms with van der Waals surface area (Å²) in [4.78, 5) is 26.5. The molecule has 0 fully saturated rings. The third kappa shape index (κ3) is 4.40. The number of nitrogens with zero attached hydrogens (tertiary/aromatic N) is 6. The summed E-state index contributed by atoms with van der Waals surface area (Å²) in [5.41, 5.74) is 2.60. The van der Waals surface area contributed by atoms with Crippen molar-refractivity contribution in [2.45, 2.75) is 33.3 Å². The molecule has 0 aliphatic rings. The van der Waals surface area contributed by atoms with E-state index in [0.29, 0.717) is 17.2 Å². The normalized spacial score (nSPS) is 11.2. The van der Waals surface area contributed by atoms with Crippen molar-refractivity contribution in [3.8, 4) is 22.8 Å². The van der Waals surface area contributed by atoms with Gasteiger partial charge in [-0.2, -0.15) is 10.1 Å². The van der Waals surface area contributed by atoms with Gasteiger partial charge in [-0.3, -0.25) is 14.0 Å². The molecule has 4 aromatic rings. The van der Waals surface area contributed by atoms with Crippen LogP contribution in [0.2, 0.25) is 5.02 Å². The average Bonchev–Trinajstić information content (AvgIpc) is 3.20. The number of hydrogen-bond acceptors (Lipinski definition) is 6. The van der Waals surface area contributed by atoms with Crippen LogP contribution >= 0.6 is 11.6 Å². The molecular weight excluding hydrogens is 428 g/mol. The lowest BCUT2D eigenvalue weighted by Gasteiger charge is -2.14. The number of halogens is 1. The first kappa shape index (κ1) is 21.7. The summed E-state index contributed by atoms with van der Waals surface area (Å²) < 4.78 is 8.80. The fourth-order valence-electron chi connectivity index (χ4n) is 3.28. The van der Waals surface area contributed by atoms with Crippen molar-refractivity contribution >= 4 is 11.6 Å². The number of aryl methyl sites for hydroxylation is 2. The van der Waals surface area contributed by atoms with Gasteiger partial charge in [0.25, 0.3) is 5.56 Å². The van der Waals surface area contributed by atoms with E-state index in [1.807, 2.05) is 63.5 Å². The Kier molecular flexibility index (Phi) is 6.05. The first-order valence-electron chi connectivity index (χ1n) is 10.2. The van der Waals surface area contributed by atoms with Crippen LogP contribution in [0.3, 0.4) is 0 Å². The molecule has 3 aromatic heterocycles. The Labute approximate surface area is 190 Å². The SMILES string of the molecule is Cc1nc(OCc2ccn(C)n2)c(Cl)c(=O)n1-c1cccc(-c2ccnc(C(C)C)n2)c1. The molecule has 3 heterocycles. The maximum Gasteiger partial charge on any atom is 0.280 e. The Bertz CT molecular complexity index is 1330. The molecule has 0 unspecified atom stereocenters. The van der Waals surface area contributed by atoms with E-state index in [1.165, 1.54) is 4.57 Å². The predicted molar refractivity (Wildman–Crippen MR) is 122 cm³/mol. The van der Waals surface area contributed by atoms with Gasteiger partial charge in [-0.15, -0.1) is 0 Å². The highest BCUT2D eigenvalue weighted by Gasteiger charge is 2.17. The highest BCUT2D eigenvalue weighted by molar-refractivity contribution is 6.31. The Morgan fingerprint density at radius 1 is 1.16 bits per heavy atom. The van der Waals surface area contributed by atoms with Gasteiger partial charge < -0.3 is 4.74 Å². The van der Waals surface area contributed by atoms with E-state index in [9.17, 15) is 4.79 Å². The largest absolute Gasteiger partial charge is 0.470 e. The topological polar surface area (TPSA) is 87.7 Å². The van der Waals surface area contributed by atoms with Crippen LogP contribution < -0.4 is 10.3 Å². The lowest BCUT2D eigenvalue weighted by Crippen LogP contribution is -2.23. The van der Waals surface area contributed by atoms with Crippen LogP contribution in [0.25, 0.3) is 16.9 Å². The number of rotatable bonds is 6. The van der Waals surface area contributed by atoms with Gasteiger partial charge in [0.05, 0.1) is 17.1 Å². The summed E-state index contributed by atoms with van der Waals surface area (Å²) in [5.74, 6) is 1.52. The zero-order valence-electron chi connectivity index (χ0n) is 18.3. The molecule has 0 spiro atoms. The molecule has 164 valence electrons. The van der Waals surface area contributed by atoms with Crippen molar-refractivity contribution in [3.63, 3.8) is 0 Å². The lowest BCUT2D eigenvalue weighted by molar-refractivity contribution is 0.286. The lowest BCUT2D eigenvalue weighted by atomic mass is 10.1. The van der Waals surface area contributed by atoms with Crippen LogP contribution in [-0.4, -0.2) is 29.3 Å². The summed E-state index contributed by atoms with van der Waals surface area (Å²) in [6.07, 6.45) is 3.56. The van der Waals surface area contributed by atoms with Crippen LogP contribution in [0.5, 0.6) is 5.88 Å². The molecule has 0 aliphatic heterocycles. The molecule has 8 nitrogen and oxygen atoms in total. The molecular formula is C23H23ClN6O2. The zero-order valence-corrected chi connectivity index (χ0v) is 19.0. The Hall–Kier alpha value is -3.52. The van der Waals surface area contributed by atoms with Crippen LogP contribution in [0.1, 0.15) is 37.1 Å². The molecule has 9 heteroatoms. The van der Waals surface area contributed by atoms with Crippen molar-refractivity contribution in [1.82, 2.24) is 29.3 Å². The van der Waals surface area contributed by atoms with Crippen LogP contribution in [-0.2, 0) is 13.7 Å². The first-order chi connectivity index (χ1) is 15.3. The molecule has 0 radical (unpaired) electrons. The molecule has 0 aliphatic carbocycles. The van der Waals surface area contributed by atoms with Gasteiger partial charge in [0.15, 0.2) is 5.02 Å². The summed E-state index contributed by atoms with van der Waals surface area (Å²) in [6, 6.07) is 11.2. The minimum absolute atomic E-state index is 0.0823. The standard InChI is InChI=1S/C23H23ClN6O2/c1-14(2)21-25-10-8-19(27-21)16-6-5-7-18(12-16)30-15(3)26-22(20(24)23(30)31)32-13-17-9-11-29(4)28-17/h5-12,14H,13H2,1-4H3. The number of benzene rings is 1. The second kappa shape index (κ2) is 8.92. The van der Waals surface area contributed by atoms with Gasteiger partial charge in [-0.05, 0) is 31.2 Å². The molecule has 0 amide bonds. The second-order valence-electron chi connectivity index (χ2n) is 7.69. The van der Waals surface area contributed by atoms with Crippen molar-refractivity contribution in [1.29, 1.82) is 0 Å². The minimum atomic E-state index is -0.405. The van der Waals surface area contributed by atoms with E-state index < -0.39 is 5.56 Å². The molecule has 0 saturated heterocycles. The third-order valence-corrected chi connectivity index (χ3v) is 5.21. The highest BCUT2D eigenvalue weighted by Crippen LogP contribution is 2.24. The van der Waals surface area contributed by atoms with E-state index >= 15 is 0 Å². The Balaban J connectivity index is 1.68. The monoisotopic (exact) mass is 450 g/mol. The predicted octanol–water partition coefficient (Wildman–Crippen LogP) is 4.09. The van der Waals surface area contributed by atoms with E-state index in [4.69, 9.17) is 16.3 Å². The fraction of sp³-hybridized carbons (Fsp3) is 0.261. The smallest absolute Gasteiger partial charge is 0.280 e. The highest BCUT2D eigenvalue weighted by atomic mass is 35.5. The molecule has 0 atom stereocenters. The molecule has 0 saturated carbocycles. The van der Waals surface area contributed by atoms with Crippen molar-refractivity contribution < 1.29 is 4.74 Å². The van der Waals surface area contributed by atoms with Gasteiger partial charge in [-0.25, -0.2) is 9.97 Å². The van der Waals surface area contributed by atoms with E-state index in [2.05, 4.69) is 20.1 Å². The molecule has 0 bridgehead atoms. The van der Waals surface area contributed by atoms with Gasteiger partial charge in [-0.1, -0.05) is 37.6 Å². The summed E-state index contributed by atoms with van der Waals surface area (Å²) in [7, 11) is 1.82. The maximum absolute atomic E-state index is 13.1.